The van der Waals surface area contributed by atoms with Crippen molar-refractivity contribution in [1.82, 2.24) is 14.5 Å². The molecule has 2 aromatic heterocycles. The summed E-state index contributed by atoms with van der Waals surface area (Å²) in [5.41, 5.74) is -4.38. The number of halogens is 2. The fraction of sp³-hybridized carbons (Fsp3) is 0.667. The molecule has 0 spiro atoms. The third-order valence-electron chi connectivity index (χ3n) is 6.88. The minimum atomic E-state index is -4.58. The van der Waals surface area contributed by atoms with Gasteiger partial charge < -0.3 is 29.9 Å². The molecule has 36 heavy (non-hydrogen) atoms. The van der Waals surface area contributed by atoms with E-state index in [0.29, 0.717) is 4.57 Å². The van der Waals surface area contributed by atoms with Crippen LogP contribution in [0.5, 0.6) is 0 Å². The quantitative estimate of drug-likeness (QED) is 0.292. The van der Waals surface area contributed by atoms with Crippen molar-refractivity contribution in [3.05, 3.63) is 38.7 Å². The molecule has 5 N–H and O–H groups in total. The van der Waals surface area contributed by atoms with E-state index in [1.54, 1.807) is 13.8 Å². The van der Waals surface area contributed by atoms with Crippen molar-refractivity contribution in [2.75, 3.05) is 0 Å². The molecule has 15 heteroatoms. The van der Waals surface area contributed by atoms with Crippen LogP contribution >= 0.6 is 7.60 Å². The maximum atomic E-state index is 14.3. The molecule has 0 amide bonds. The number of aliphatic hydroxyl groups excluding tert-OH is 2. The lowest BCUT2D eigenvalue weighted by molar-refractivity contribution is -0.0773. The molecule has 0 aliphatic carbocycles. The number of H-pyrrole nitrogens is 1. The Morgan fingerprint density at radius 1 is 1.17 bits per heavy atom. The predicted molar refractivity (Wildman–Crippen MR) is 122 cm³/mol. The molecule has 1 fully saturated rings. The van der Waals surface area contributed by atoms with Gasteiger partial charge in [-0.1, -0.05) is 20.8 Å². The zero-order valence-corrected chi connectivity index (χ0v) is 21.0. The van der Waals surface area contributed by atoms with Crippen LogP contribution in [0.2, 0.25) is 0 Å². The van der Waals surface area contributed by atoms with Crippen molar-refractivity contribution in [2.24, 2.45) is 0 Å². The first-order valence-electron chi connectivity index (χ1n) is 11.4. The summed E-state index contributed by atoms with van der Waals surface area (Å²) in [6, 6.07) is 0. The largest absolute Gasteiger partial charge is 0.388 e. The van der Waals surface area contributed by atoms with Crippen LogP contribution in [0, 0.1) is 11.6 Å². The third kappa shape index (κ3) is 4.91. The first kappa shape index (κ1) is 28.5. The summed E-state index contributed by atoms with van der Waals surface area (Å²) in [7, 11) is -4.58. The van der Waals surface area contributed by atoms with Gasteiger partial charge in [-0.15, -0.1) is 0 Å². The molecule has 202 valence electrons. The molecular formula is C21H30F2N3O9P. The van der Waals surface area contributed by atoms with E-state index in [4.69, 9.17) is 9.26 Å². The van der Waals surface area contributed by atoms with Gasteiger partial charge in [-0.05, 0) is 26.2 Å². The van der Waals surface area contributed by atoms with Gasteiger partial charge in [-0.3, -0.25) is 18.5 Å². The summed E-state index contributed by atoms with van der Waals surface area (Å²) in [4.78, 5) is 39.9. The van der Waals surface area contributed by atoms with Gasteiger partial charge in [0, 0.05) is 12.6 Å². The Morgan fingerprint density at radius 2 is 1.78 bits per heavy atom. The molecule has 3 rings (SSSR count). The molecule has 12 nitrogen and oxygen atoms in total. The van der Waals surface area contributed by atoms with E-state index in [1.807, 2.05) is 4.98 Å². The number of hydrogen-bond donors (Lipinski definition) is 5. The SMILES string of the molecule is CCC(CC)(CC1OC(n2cc3c(F)c(F)c(=O)[nH]c3nc2=O)C(O)C1O)OP(=O)(O)C(C)(O)CC. The molecule has 1 aliphatic heterocycles. The highest BCUT2D eigenvalue weighted by atomic mass is 31.2. The zero-order valence-electron chi connectivity index (χ0n) is 20.1. The number of pyridine rings is 1. The molecule has 0 saturated carbocycles. The summed E-state index contributed by atoms with van der Waals surface area (Å²) in [5, 5.41) is 29.0. The predicted octanol–water partition coefficient (Wildman–Crippen LogP) is 1.25. The highest BCUT2D eigenvalue weighted by molar-refractivity contribution is 7.54. The Hall–Kier alpha value is -2.06. The van der Waals surface area contributed by atoms with Gasteiger partial charge in [0.05, 0.1) is 17.1 Å². The number of fused-ring (bicyclic) bond motifs is 1. The van der Waals surface area contributed by atoms with Gasteiger partial charge in [0.1, 0.15) is 12.2 Å². The number of aromatic nitrogens is 3. The van der Waals surface area contributed by atoms with Crippen LogP contribution in [-0.2, 0) is 13.8 Å². The monoisotopic (exact) mass is 537 g/mol. The summed E-state index contributed by atoms with van der Waals surface area (Å²) < 4.78 is 52.8. The van der Waals surface area contributed by atoms with Crippen molar-refractivity contribution >= 4 is 18.6 Å². The standard InChI is InChI=1S/C21H30F2N3O9P/c1-5-20(4,31)36(32,33)35-21(6-2,7-3)8-11-14(27)15(28)18(34-11)26-9-10-12(22)13(23)17(29)24-16(10)25-19(26)30/h9,11,14-15,18,27-28,31H,5-8H2,1-4H3,(H,32,33)(H,24,25,29,30). The second-order valence-corrected chi connectivity index (χ2v) is 11.3. The van der Waals surface area contributed by atoms with E-state index in [2.05, 4.69) is 4.98 Å². The molecule has 0 bridgehead atoms. The molecule has 0 radical (unpaired) electrons. The minimum absolute atomic E-state index is 0.0755. The normalized spacial score (nSPS) is 26.2. The lowest BCUT2D eigenvalue weighted by Gasteiger charge is -2.39. The van der Waals surface area contributed by atoms with Gasteiger partial charge in [0.2, 0.25) is 5.82 Å². The molecule has 6 unspecified atom stereocenters. The van der Waals surface area contributed by atoms with Crippen molar-refractivity contribution in [3.63, 3.8) is 0 Å². The fourth-order valence-electron chi connectivity index (χ4n) is 4.05. The summed E-state index contributed by atoms with van der Waals surface area (Å²) >= 11 is 0. The number of nitrogens with zero attached hydrogens (tertiary/aromatic N) is 2. The number of aliphatic hydroxyl groups is 3. The van der Waals surface area contributed by atoms with E-state index in [9.17, 15) is 43.1 Å². The Labute approximate surface area is 204 Å². The summed E-state index contributed by atoms with van der Waals surface area (Å²) in [6.45, 7) is 6.00. The van der Waals surface area contributed by atoms with E-state index in [-0.39, 0.29) is 25.7 Å². The summed E-state index contributed by atoms with van der Waals surface area (Å²) in [6.07, 6.45) is -5.32. The van der Waals surface area contributed by atoms with Crippen molar-refractivity contribution < 1.29 is 42.8 Å². The number of rotatable bonds is 9. The van der Waals surface area contributed by atoms with Crippen LogP contribution in [0.25, 0.3) is 11.0 Å². The fourth-order valence-corrected chi connectivity index (χ4v) is 5.50. The Kier molecular flexibility index (Phi) is 7.93. The van der Waals surface area contributed by atoms with E-state index < -0.39 is 77.0 Å². The molecule has 3 heterocycles. The van der Waals surface area contributed by atoms with Crippen molar-refractivity contribution in [2.45, 2.75) is 88.9 Å². The highest BCUT2D eigenvalue weighted by Crippen LogP contribution is 2.59. The zero-order chi connectivity index (χ0) is 27.2. The van der Waals surface area contributed by atoms with Gasteiger partial charge in [0.25, 0.3) is 5.56 Å². The van der Waals surface area contributed by atoms with Crippen LogP contribution in [0.15, 0.2) is 15.8 Å². The van der Waals surface area contributed by atoms with Gasteiger partial charge in [-0.25, -0.2) is 9.18 Å². The van der Waals surface area contributed by atoms with Gasteiger partial charge >= 0.3 is 13.3 Å². The number of aromatic amines is 1. The van der Waals surface area contributed by atoms with Crippen LogP contribution in [0.1, 0.15) is 59.6 Å². The smallest absolute Gasteiger partial charge is 0.359 e. The highest BCUT2D eigenvalue weighted by Gasteiger charge is 2.51. The number of hydrogen-bond acceptors (Lipinski definition) is 9. The van der Waals surface area contributed by atoms with Crippen molar-refractivity contribution in [3.8, 4) is 0 Å². The Morgan fingerprint density at radius 3 is 2.33 bits per heavy atom. The minimum Gasteiger partial charge on any atom is -0.388 e. The Bertz CT molecular complexity index is 1290. The third-order valence-corrected chi connectivity index (χ3v) is 9.05. The number of nitrogens with one attached hydrogen (secondary N) is 1. The van der Waals surface area contributed by atoms with Crippen LogP contribution < -0.4 is 11.2 Å². The second kappa shape index (κ2) is 10.0. The topological polar surface area (TPSA) is 184 Å². The lowest BCUT2D eigenvalue weighted by Crippen LogP contribution is -2.41. The van der Waals surface area contributed by atoms with Crippen LogP contribution in [0.4, 0.5) is 8.78 Å². The molecule has 1 aliphatic rings. The molecule has 6 atom stereocenters. The summed E-state index contributed by atoms with van der Waals surface area (Å²) in [5.74, 6) is -3.28. The number of ether oxygens (including phenoxy) is 1. The van der Waals surface area contributed by atoms with E-state index in [1.165, 1.54) is 13.8 Å². The van der Waals surface area contributed by atoms with Crippen LogP contribution in [0.3, 0.4) is 0 Å². The van der Waals surface area contributed by atoms with E-state index >= 15 is 0 Å². The second-order valence-electron chi connectivity index (χ2n) is 9.10. The average Bonchev–Trinajstić information content (AvgIpc) is 3.09. The Balaban J connectivity index is 1.96. The average molecular weight is 537 g/mol. The molecular weight excluding hydrogens is 507 g/mol. The molecule has 1 saturated heterocycles. The van der Waals surface area contributed by atoms with Crippen LogP contribution in [-0.4, -0.2) is 64.0 Å². The maximum absolute atomic E-state index is 14.3. The van der Waals surface area contributed by atoms with Gasteiger partial charge in [-0.2, -0.15) is 9.37 Å². The first-order valence-corrected chi connectivity index (χ1v) is 13.0. The molecule has 0 aromatic carbocycles. The molecule has 2 aromatic rings. The van der Waals surface area contributed by atoms with E-state index in [0.717, 1.165) is 6.20 Å². The van der Waals surface area contributed by atoms with Gasteiger partial charge in [0.15, 0.2) is 23.0 Å². The maximum Gasteiger partial charge on any atom is 0.359 e. The lowest BCUT2D eigenvalue weighted by atomic mass is 9.88. The van der Waals surface area contributed by atoms with Crippen molar-refractivity contribution in [1.29, 1.82) is 0 Å². The first-order chi connectivity index (χ1) is 16.6.